The van der Waals surface area contributed by atoms with Gasteiger partial charge in [0, 0.05) is 11.7 Å². The number of nitrogens with zero attached hydrogens (tertiary/aromatic N) is 1. The van der Waals surface area contributed by atoms with Crippen molar-refractivity contribution in [2.75, 3.05) is 11.4 Å². The Hall–Kier alpha value is -2.04. The van der Waals surface area contributed by atoms with Gasteiger partial charge in [0.25, 0.3) is 0 Å². The number of urea groups is 1. The summed E-state index contributed by atoms with van der Waals surface area (Å²) < 4.78 is 0. The molecule has 21 heavy (non-hydrogen) atoms. The summed E-state index contributed by atoms with van der Waals surface area (Å²) in [6.07, 6.45) is 4.69. The lowest BCUT2D eigenvalue weighted by Gasteiger charge is -2.27. The molecular formula is C16H20N2O3. The number of anilines is 1. The van der Waals surface area contributed by atoms with Gasteiger partial charge in [-0.15, -0.1) is 0 Å². The predicted molar refractivity (Wildman–Crippen MR) is 79.2 cm³/mol. The molecule has 5 heteroatoms. The molecule has 2 aliphatic carbocycles. The van der Waals surface area contributed by atoms with Crippen LogP contribution in [0.2, 0.25) is 0 Å². The first-order chi connectivity index (χ1) is 10.1. The van der Waals surface area contributed by atoms with Crippen molar-refractivity contribution in [3.63, 3.8) is 0 Å². The minimum absolute atomic E-state index is 0.205. The molecule has 1 aromatic rings. The molecule has 0 radical (unpaired) electrons. The van der Waals surface area contributed by atoms with Crippen LogP contribution in [-0.2, 0) is 4.79 Å². The highest BCUT2D eigenvalue weighted by Crippen LogP contribution is 2.44. The number of fused-ring (bicyclic) bond motifs is 2. The SMILES string of the molecule is O=C(O)CN(C(=O)NC1CC2CCC1C2)c1ccccc1. The van der Waals surface area contributed by atoms with E-state index in [1.807, 2.05) is 6.07 Å². The van der Waals surface area contributed by atoms with Gasteiger partial charge in [0.15, 0.2) is 0 Å². The quantitative estimate of drug-likeness (QED) is 0.894. The van der Waals surface area contributed by atoms with Crippen LogP contribution in [0, 0.1) is 11.8 Å². The van der Waals surface area contributed by atoms with Crippen molar-refractivity contribution in [2.45, 2.75) is 31.7 Å². The Morgan fingerprint density at radius 3 is 2.52 bits per heavy atom. The minimum Gasteiger partial charge on any atom is -0.480 e. The van der Waals surface area contributed by atoms with Gasteiger partial charge >= 0.3 is 12.0 Å². The van der Waals surface area contributed by atoms with Gasteiger partial charge < -0.3 is 10.4 Å². The molecule has 0 spiro atoms. The molecule has 112 valence electrons. The van der Waals surface area contributed by atoms with Gasteiger partial charge in [-0.2, -0.15) is 0 Å². The highest BCUT2D eigenvalue weighted by atomic mass is 16.4. The Balaban J connectivity index is 1.70. The van der Waals surface area contributed by atoms with Crippen LogP contribution in [-0.4, -0.2) is 29.7 Å². The summed E-state index contributed by atoms with van der Waals surface area (Å²) in [4.78, 5) is 24.8. The zero-order valence-corrected chi connectivity index (χ0v) is 11.9. The van der Waals surface area contributed by atoms with Crippen molar-refractivity contribution in [2.24, 2.45) is 11.8 Å². The first-order valence-corrected chi connectivity index (χ1v) is 7.48. The van der Waals surface area contributed by atoms with Crippen LogP contribution in [0.5, 0.6) is 0 Å². The van der Waals surface area contributed by atoms with E-state index in [9.17, 15) is 9.59 Å². The summed E-state index contributed by atoms with van der Waals surface area (Å²) in [6, 6.07) is 8.85. The van der Waals surface area contributed by atoms with E-state index in [-0.39, 0.29) is 18.6 Å². The molecule has 3 atom stereocenters. The summed E-state index contributed by atoms with van der Waals surface area (Å²) in [5.74, 6) is 0.299. The highest BCUT2D eigenvalue weighted by Gasteiger charge is 2.40. The van der Waals surface area contributed by atoms with E-state index < -0.39 is 5.97 Å². The topological polar surface area (TPSA) is 69.6 Å². The second-order valence-corrected chi connectivity index (χ2v) is 6.05. The molecule has 0 heterocycles. The second-order valence-electron chi connectivity index (χ2n) is 6.05. The third kappa shape index (κ3) is 3.01. The number of hydrogen-bond donors (Lipinski definition) is 2. The molecular weight excluding hydrogens is 268 g/mol. The van der Waals surface area contributed by atoms with Crippen molar-refractivity contribution in [1.29, 1.82) is 0 Å². The number of carbonyl (C=O) groups excluding carboxylic acids is 1. The molecule has 2 aliphatic rings. The lowest BCUT2D eigenvalue weighted by Crippen LogP contribution is -2.48. The van der Waals surface area contributed by atoms with E-state index in [4.69, 9.17) is 5.11 Å². The van der Waals surface area contributed by atoms with Crippen molar-refractivity contribution in [3.05, 3.63) is 30.3 Å². The maximum atomic E-state index is 12.5. The van der Waals surface area contributed by atoms with Gasteiger partial charge in [0.05, 0.1) is 0 Å². The van der Waals surface area contributed by atoms with Crippen molar-refractivity contribution >= 4 is 17.7 Å². The molecule has 3 rings (SSSR count). The van der Waals surface area contributed by atoms with Gasteiger partial charge in [-0.1, -0.05) is 24.6 Å². The van der Waals surface area contributed by atoms with E-state index in [1.54, 1.807) is 24.3 Å². The van der Waals surface area contributed by atoms with Gasteiger partial charge in [-0.25, -0.2) is 4.79 Å². The predicted octanol–water partition coefficient (Wildman–Crippen LogP) is 2.48. The van der Waals surface area contributed by atoms with Gasteiger partial charge in [0.1, 0.15) is 6.54 Å². The molecule has 0 aliphatic heterocycles. The highest BCUT2D eigenvalue weighted by molar-refractivity contribution is 5.96. The molecule has 2 fully saturated rings. The second kappa shape index (κ2) is 5.76. The molecule has 2 N–H and O–H groups in total. The van der Waals surface area contributed by atoms with Crippen molar-refractivity contribution in [3.8, 4) is 0 Å². The number of rotatable bonds is 4. The van der Waals surface area contributed by atoms with Crippen LogP contribution in [0.25, 0.3) is 0 Å². The molecule has 0 aromatic heterocycles. The zero-order valence-electron chi connectivity index (χ0n) is 11.9. The monoisotopic (exact) mass is 288 g/mol. The summed E-state index contributed by atoms with van der Waals surface area (Å²) in [5, 5.41) is 12.1. The van der Waals surface area contributed by atoms with E-state index >= 15 is 0 Å². The third-order valence-corrected chi connectivity index (χ3v) is 4.65. The van der Waals surface area contributed by atoms with Crippen LogP contribution >= 0.6 is 0 Å². The smallest absolute Gasteiger partial charge is 0.323 e. The summed E-state index contributed by atoms with van der Waals surface area (Å²) in [7, 11) is 0. The van der Waals surface area contributed by atoms with E-state index in [0.29, 0.717) is 11.6 Å². The Kier molecular flexibility index (Phi) is 3.82. The number of carboxylic acids is 1. The first kappa shape index (κ1) is 13.9. The molecule has 3 unspecified atom stereocenters. The van der Waals surface area contributed by atoms with E-state index in [0.717, 1.165) is 12.3 Å². The largest absolute Gasteiger partial charge is 0.480 e. The molecule has 1 aromatic carbocycles. The normalized spacial score (nSPS) is 26.6. The summed E-state index contributed by atoms with van der Waals surface area (Å²) in [6.45, 7) is -0.323. The fraction of sp³-hybridized carbons (Fsp3) is 0.500. The fourth-order valence-electron chi connectivity index (χ4n) is 3.68. The Morgan fingerprint density at radius 1 is 1.19 bits per heavy atom. The summed E-state index contributed by atoms with van der Waals surface area (Å²) in [5.41, 5.74) is 0.612. The van der Waals surface area contributed by atoms with Gasteiger partial charge in [-0.05, 0) is 43.2 Å². The van der Waals surface area contributed by atoms with Crippen LogP contribution in [0.4, 0.5) is 10.5 Å². The third-order valence-electron chi connectivity index (χ3n) is 4.65. The van der Waals surface area contributed by atoms with Crippen molar-refractivity contribution < 1.29 is 14.7 Å². The molecule has 2 saturated carbocycles. The number of amides is 2. The number of aliphatic carboxylic acids is 1. The Morgan fingerprint density at radius 2 is 1.95 bits per heavy atom. The average Bonchev–Trinajstić information content (AvgIpc) is 3.08. The Bertz CT molecular complexity index is 532. The maximum absolute atomic E-state index is 12.5. The molecule has 0 saturated heterocycles. The summed E-state index contributed by atoms with van der Waals surface area (Å²) >= 11 is 0. The van der Waals surface area contributed by atoms with Gasteiger partial charge in [0.2, 0.25) is 0 Å². The number of para-hydroxylation sites is 1. The number of benzene rings is 1. The van der Waals surface area contributed by atoms with Crippen LogP contribution in [0.3, 0.4) is 0 Å². The lowest BCUT2D eigenvalue weighted by molar-refractivity contribution is -0.135. The number of nitrogens with one attached hydrogen (secondary N) is 1. The molecule has 5 nitrogen and oxygen atoms in total. The minimum atomic E-state index is -1.01. The van der Waals surface area contributed by atoms with E-state index in [1.165, 1.54) is 24.2 Å². The lowest BCUT2D eigenvalue weighted by atomic mass is 9.95. The number of carbonyl (C=O) groups is 2. The number of hydrogen-bond acceptors (Lipinski definition) is 2. The Labute approximate surface area is 123 Å². The maximum Gasteiger partial charge on any atom is 0.323 e. The van der Waals surface area contributed by atoms with Gasteiger partial charge in [-0.3, -0.25) is 9.69 Å². The zero-order chi connectivity index (χ0) is 14.8. The molecule has 2 amide bonds. The fourth-order valence-corrected chi connectivity index (χ4v) is 3.68. The molecule has 2 bridgehead atoms. The van der Waals surface area contributed by atoms with Crippen LogP contribution < -0.4 is 10.2 Å². The van der Waals surface area contributed by atoms with Crippen LogP contribution in [0.15, 0.2) is 30.3 Å². The standard InChI is InChI=1S/C16H20N2O3/c19-15(20)10-18(13-4-2-1-3-5-13)16(21)17-14-9-11-6-7-12(14)8-11/h1-5,11-12,14H,6-10H2,(H,17,21)(H,19,20). The van der Waals surface area contributed by atoms with E-state index in [2.05, 4.69) is 5.32 Å². The van der Waals surface area contributed by atoms with Crippen molar-refractivity contribution in [1.82, 2.24) is 5.32 Å². The first-order valence-electron chi connectivity index (χ1n) is 7.48. The number of carboxylic acid groups (broad SMARTS) is 1. The van der Waals surface area contributed by atoms with Crippen LogP contribution in [0.1, 0.15) is 25.7 Å². The average molecular weight is 288 g/mol.